The summed E-state index contributed by atoms with van der Waals surface area (Å²) in [5.74, 6) is -4.04. The first kappa shape index (κ1) is 16.7. The molecule has 0 aromatic heterocycles. The van der Waals surface area contributed by atoms with Crippen molar-refractivity contribution in [2.45, 2.75) is 39.0 Å². The quantitative estimate of drug-likeness (QED) is 0.635. The van der Waals surface area contributed by atoms with Crippen molar-refractivity contribution in [2.24, 2.45) is 0 Å². The van der Waals surface area contributed by atoms with Gasteiger partial charge in [0, 0.05) is 0 Å². The van der Waals surface area contributed by atoms with Crippen LogP contribution in [0.1, 0.15) is 69.2 Å². The number of carboxylic acid groups (broad SMARTS) is 3. The van der Waals surface area contributed by atoms with E-state index in [0.717, 1.165) is 31.4 Å². The number of carboxylic acids is 3. The van der Waals surface area contributed by atoms with E-state index in [9.17, 15) is 19.5 Å². The van der Waals surface area contributed by atoms with Crippen LogP contribution in [0.15, 0.2) is 12.1 Å². The molecular weight excluding hydrogens is 276 g/mol. The first-order valence-corrected chi connectivity index (χ1v) is 6.75. The summed E-state index contributed by atoms with van der Waals surface area (Å²) in [6.45, 7) is 2.02. The molecule has 6 nitrogen and oxygen atoms in total. The minimum atomic E-state index is -1.42. The van der Waals surface area contributed by atoms with Crippen molar-refractivity contribution < 1.29 is 29.7 Å². The molecule has 6 heteroatoms. The zero-order valence-corrected chi connectivity index (χ0v) is 11.8. The third kappa shape index (κ3) is 4.05. The van der Waals surface area contributed by atoms with Gasteiger partial charge in [0.2, 0.25) is 0 Å². The summed E-state index contributed by atoms with van der Waals surface area (Å²) in [7, 11) is 0. The van der Waals surface area contributed by atoms with E-state index in [1.54, 1.807) is 0 Å². The van der Waals surface area contributed by atoms with Crippen LogP contribution in [0.5, 0.6) is 0 Å². The molecule has 0 bridgehead atoms. The van der Waals surface area contributed by atoms with Gasteiger partial charge in [-0.05, 0) is 30.5 Å². The number of unbranched alkanes of at least 4 members (excludes halogenated alkanes) is 3. The van der Waals surface area contributed by atoms with Crippen molar-refractivity contribution in [3.8, 4) is 0 Å². The molecule has 0 saturated heterocycles. The summed E-state index contributed by atoms with van der Waals surface area (Å²) in [5.41, 5.74) is -0.850. The summed E-state index contributed by atoms with van der Waals surface area (Å²) < 4.78 is 0. The number of carbonyl (C=O) groups is 3. The highest BCUT2D eigenvalue weighted by atomic mass is 16.4. The van der Waals surface area contributed by atoms with Crippen LogP contribution < -0.4 is 0 Å². The Morgan fingerprint density at radius 3 is 1.90 bits per heavy atom. The Morgan fingerprint density at radius 1 is 0.857 bits per heavy atom. The SMILES string of the molecule is CCCCCCc1c(C(=O)O)ccc(C(=O)O)c1C(=O)O. The smallest absolute Gasteiger partial charge is 0.336 e. The van der Waals surface area contributed by atoms with Gasteiger partial charge >= 0.3 is 17.9 Å². The van der Waals surface area contributed by atoms with Crippen LogP contribution in [0.2, 0.25) is 0 Å². The van der Waals surface area contributed by atoms with Gasteiger partial charge in [0.25, 0.3) is 0 Å². The maximum absolute atomic E-state index is 11.4. The topological polar surface area (TPSA) is 112 Å². The van der Waals surface area contributed by atoms with Crippen LogP contribution in [0.3, 0.4) is 0 Å². The molecule has 0 atom stereocenters. The predicted octanol–water partition coefficient (Wildman–Crippen LogP) is 2.90. The molecule has 0 saturated carbocycles. The molecule has 0 aliphatic heterocycles. The molecule has 0 spiro atoms. The van der Waals surface area contributed by atoms with E-state index in [1.165, 1.54) is 0 Å². The van der Waals surface area contributed by atoms with E-state index in [0.29, 0.717) is 6.42 Å². The highest BCUT2D eigenvalue weighted by Gasteiger charge is 2.24. The van der Waals surface area contributed by atoms with Crippen molar-refractivity contribution in [1.82, 2.24) is 0 Å². The molecule has 0 unspecified atom stereocenters. The highest BCUT2D eigenvalue weighted by Crippen LogP contribution is 2.23. The van der Waals surface area contributed by atoms with Gasteiger partial charge in [-0.2, -0.15) is 0 Å². The second-order valence-electron chi connectivity index (χ2n) is 4.74. The zero-order valence-electron chi connectivity index (χ0n) is 11.8. The van der Waals surface area contributed by atoms with Gasteiger partial charge in [0.15, 0.2) is 0 Å². The lowest BCUT2D eigenvalue weighted by Crippen LogP contribution is -2.16. The monoisotopic (exact) mass is 294 g/mol. The highest BCUT2D eigenvalue weighted by molar-refractivity contribution is 6.05. The minimum Gasteiger partial charge on any atom is -0.478 e. The van der Waals surface area contributed by atoms with Gasteiger partial charge in [-0.3, -0.25) is 0 Å². The van der Waals surface area contributed by atoms with E-state index in [4.69, 9.17) is 10.2 Å². The van der Waals surface area contributed by atoms with Gasteiger partial charge in [-0.1, -0.05) is 26.2 Å². The molecule has 0 heterocycles. The van der Waals surface area contributed by atoms with E-state index >= 15 is 0 Å². The molecule has 1 rings (SSSR count). The minimum absolute atomic E-state index is 0.0889. The summed E-state index contributed by atoms with van der Waals surface area (Å²) in [5, 5.41) is 27.5. The summed E-state index contributed by atoms with van der Waals surface area (Å²) in [6, 6.07) is 2.19. The van der Waals surface area contributed by atoms with Crippen LogP contribution in [0, 0.1) is 0 Å². The molecular formula is C15H18O6. The molecule has 1 aromatic carbocycles. The maximum Gasteiger partial charge on any atom is 0.336 e. The Labute approximate surface area is 122 Å². The van der Waals surface area contributed by atoms with Crippen molar-refractivity contribution in [2.75, 3.05) is 0 Å². The Morgan fingerprint density at radius 2 is 1.43 bits per heavy atom. The Kier molecular flexibility index (Phi) is 5.90. The first-order chi connectivity index (χ1) is 9.90. The predicted molar refractivity (Wildman–Crippen MR) is 75.2 cm³/mol. The van der Waals surface area contributed by atoms with Gasteiger partial charge in [0.05, 0.1) is 16.7 Å². The van der Waals surface area contributed by atoms with E-state index < -0.39 is 23.5 Å². The fourth-order valence-electron chi connectivity index (χ4n) is 2.26. The maximum atomic E-state index is 11.4. The summed E-state index contributed by atoms with van der Waals surface area (Å²) in [4.78, 5) is 33.7. The number of hydrogen-bond acceptors (Lipinski definition) is 3. The Bertz CT molecular complexity index is 562. The van der Waals surface area contributed by atoms with Gasteiger partial charge in [-0.25, -0.2) is 14.4 Å². The van der Waals surface area contributed by atoms with Crippen LogP contribution in [0.4, 0.5) is 0 Å². The Balaban J connectivity index is 3.31. The van der Waals surface area contributed by atoms with Crippen molar-refractivity contribution in [1.29, 1.82) is 0 Å². The summed E-state index contributed by atoms with van der Waals surface area (Å²) >= 11 is 0. The molecule has 0 aliphatic rings. The van der Waals surface area contributed by atoms with Gasteiger partial charge in [-0.15, -0.1) is 0 Å². The lowest BCUT2D eigenvalue weighted by atomic mass is 9.92. The summed E-state index contributed by atoms with van der Waals surface area (Å²) in [6.07, 6.45) is 3.66. The molecule has 1 aromatic rings. The first-order valence-electron chi connectivity index (χ1n) is 6.75. The van der Waals surface area contributed by atoms with Gasteiger partial charge in [0.1, 0.15) is 0 Å². The van der Waals surface area contributed by atoms with E-state index in [2.05, 4.69) is 0 Å². The lowest BCUT2D eigenvalue weighted by Gasteiger charge is -2.12. The number of hydrogen-bond donors (Lipinski definition) is 3. The standard InChI is InChI=1S/C15H18O6/c1-2-3-4-5-6-9-10(13(16)17)7-8-11(14(18)19)12(9)15(20)21/h7-8H,2-6H2,1H3,(H,16,17)(H,18,19)(H,20,21). The number of aromatic carboxylic acids is 3. The largest absolute Gasteiger partial charge is 0.478 e. The normalized spacial score (nSPS) is 10.3. The fourth-order valence-corrected chi connectivity index (χ4v) is 2.26. The molecule has 3 N–H and O–H groups in total. The number of benzene rings is 1. The lowest BCUT2D eigenvalue weighted by molar-refractivity contribution is 0.0647. The fraction of sp³-hybridized carbons (Fsp3) is 0.400. The average Bonchev–Trinajstić information content (AvgIpc) is 2.42. The van der Waals surface area contributed by atoms with Crippen LogP contribution in [0.25, 0.3) is 0 Å². The third-order valence-electron chi connectivity index (χ3n) is 3.27. The zero-order chi connectivity index (χ0) is 16.0. The number of rotatable bonds is 8. The van der Waals surface area contributed by atoms with Crippen molar-refractivity contribution in [3.63, 3.8) is 0 Å². The second-order valence-corrected chi connectivity index (χ2v) is 4.74. The van der Waals surface area contributed by atoms with E-state index in [-0.39, 0.29) is 23.1 Å². The van der Waals surface area contributed by atoms with Crippen molar-refractivity contribution in [3.05, 3.63) is 34.4 Å². The average molecular weight is 294 g/mol. The molecule has 0 fully saturated rings. The third-order valence-corrected chi connectivity index (χ3v) is 3.27. The molecule has 114 valence electrons. The Hall–Kier alpha value is -2.37. The van der Waals surface area contributed by atoms with Crippen LogP contribution in [-0.2, 0) is 6.42 Å². The second kappa shape index (κ2) is 7.42. The molecule has 0 aliphatic carbocycles. The van der Waals surface area contributed by atoms with Crippen LogP contribution >= 0.6 is 0 Å². The molecule has 0 amide bonds. The van der Waals surface area contributed by atoms with E-state index in [1.807, 2.05) is 6.92 Å². The van der Waals surface area contributed by atoms with Crippen molar-refractivity contribution >= 4 is 17.9 Å². The molecule has 21 heavy (non-hydrogen) atoms. The van der Waals surface area contributed by atoms with Crippen LogP contribution in [-0.4, -0.2) is 33.2 Å². The molecule has 0 radical (unpaired) electrons. The van der Waals surface area contributed by atoms with Gasteiger partial charge < -0.3 is 15.3 Å².